The van der Waals surface area contributed by atoms with E-state index in [1.54, 1.807) is 0 Å². The lowest BCUT2D eigenvalue weighted by atomic mass is 9.87. The van der Waals surface area contributed by atoms with Gasteiger partial charge >= 0.3 is 0 Å². The standard InChI is InChI=1S/C17H27NO3S/c1-11-8-12(2)14(4)17(13(11)3)22(20,21)18-10-15-6-5-7-16(19)9-15/h8,15-16,18-19H,5-7,9-10H2,1-4H3. The number of rotatable bonds is 4. The molecule has 1 aliphatic carbocycles. The number of hydrogen-bond acceptors (Lipinski definition) is 3. The van der Waals surface area contributed by atoms with Gasteiger partial charge in [-0.05, 0) is 75.1 Å². The molecule has 0 aliphatic heterocycles. The molecule has 2 N–H and O–H groups in total. The van der Waals surface area contributed by atoms with Gasteiger partial charge in [0.1, 0.15) is 0 Å². The first-order valence-electron chi connectivity index (χ1n) is 7.97. The second-order valence-electron chi connectivity index (χ2n) is 6.63. The number of aryl methyl sites for hydroxylation is 2. The van der Waals surface area contributed by atoms with Crippen LogP contribution in [0.4, 0.5) is 0 Å². The van der Waals surface area contributed by atoms with Crippen molar-refractivity contribution in [2.45, 2.75) is 64.4 Å². The zero-order valence-corrected chi connectivity index (χ0v) is 14.8. The van der Waals surface area contributed by atoms with Crippen LogP contribution >= 0.6 is 0 Å². The molecule has 0 saturated heterocycles. The van der Waals surface area contributed by atoms with Gasteiger partial charge in [0, 0.05) is 6.54 Å². The maximum Gasteiger partial charge on any atom is 0.241 e. The fraction of sp³-hybridized carbons (Fsp3) is 0.647. The third-order valence-electron chi connectivity index (χ3n) is 4.88. The van der Waals surface area contributed by atoms with Gasteiger partial charge < -0.3 is 5.11 Å². The summed E-state index contributed by atoms with van der Waals surface area (Å²) in [5.41, 5.74) is 3.63. The Bertz CT molecular complexity index is 626. The van der Waals surface area contributed by atoms with Crippen LogP contribution in [0.3, 0.4) is 0 Å². The minimum atomic E-state index is -3.52. The largest absolute Gasteiger partial charge is 0.393 e. The fourth-order valence-electron chi connectivity index (χ4n) is 3.33. The summed E-state index contributed by atoms with van der Waals surface area (Å²) in [5.74, 6) is 0.227. The zero-order chi connectivity index (χ0) is 16.5. The van der Waals surface area contributed by atoms with Crippen LogP contribution < -0.4 is 4.72 Å². The molecule has 0 amide bonds. The molecule has 1 saturated carbocycles. The van der Waals surface area contributed by atoms with Crippen LogP contribution in [0.2, 0.25) is 0 Å². The third kappa shape index (κ3) is 3.70. The van der Waals surface area contributed by atoms with Crippen molar-refractivity contribution >= 4 is 10.0 Å². The van der Waals surface area contributed by atoms with Gasteiger partial charge in [-0.15, -0.1) is 0 Å². The minimum absolute atomic E-state index is 0.227. The number of benzene rings is 1. The first-order chi connectivity index (χ1) is 10.2. The summed E-state index contributed by atoms with van der Waals surface area (Å²) in [6.45, 7) is 8.02. The van der Waals surface area contributed by atoms with Crippen LogP contribution in [0, 0.1) is 33.6 Å². The number of sulfonamides is 1. The average molecular weight is 325 g/mol. The van der Waals surface area contributed by atoms with E-state index >= 15 is 0 Å². The van der Waals surface area contributed by atoms with Gasteiger partial charge in [-0.2, -0.15) is 0 Å². The summed E-state index contributed by atoms with van der Waals surface area (Å²) in [4.78, 5) is 0.418. The highest BCUT2D eigenvalue weighted by molar-refractivity contribution is 7.89. The topological polar surface area (TPSA) is 66.4 Å². The summed E-state index contributed by atoms with van der Waals surface area (Å²) < 4.78 is 28.2. The van der Waals surface area contributed by atoms with E-state index in [4.69, 9.17) is 0 Å². The Kier molecular flexibility index (Phi) is 5.30. The molecule has 22 heavy (non-hydrogen) atoms. The number of nitrogens with one attached hydrogen (secondary N) is 1. The van der Waals surface area contributed by atoms with Crippen molar-refractivity contribution in [2.24, 2.45) is 5.92 Å². The zero-order valence-electron chi connectivity index (χ0n) is 13.9. The van der Waals surface area contributed by atoms with Crippen molar-refractivity contribution in [1.29, 1.82) is 0 Å². The van der Waals surface area contributed by atoms with E-state index < -0.39 is 10.0 Å². The Morgan fingerprint density at radius 2 is 1.73 bits per heavy atom. The molecular weight excluding hydrogens is 298 g/mol. The molecule has 2 atom stereocenters. The van der Waals surface area contributed by atoms with Crippen molar-refractivity contribution in [2.75, 3.05) is 6.54 Å². The minimum Gasteiger partial charge on any atom is -0.393 e. The van der Waals surface area contributed by atoms with Crippen molar-refractivity contribution < 1.29 is 13.5 Å². The van der Waals surface area contributed by atoms with E-state index in [1.165, 1.54) is 0 Å². The van der Waals surface area contributed by atoms with Crippen molar-refractivity contribution in [1.82, 2.24) is 4.72 Å². The Balaban J connectivity index is 2.21. The Morgan fingerprint density at radius 1 is 1.14 bits per heavy atom. The molecule has 0 spiro atoms. The lowest BCUT2D eigenvalue weighted by molar-refractivity contribution is 0.102. The molecule has 2 unspecified atom stereocenters. The molecule has 0 bridgehead atoms. The lowest BCUT2D eigenvalue weighted by Gasteiger charge is -2.26. The highest BCUT2D eigenvalue weighted by Gasteiger charge is 2.25. The number of aliphatic hydroxyl groups is 1. The third-order valence-corrected chi connectivity index (χ3v) is 6.58. The molecule has 0 aromatic heterocycles. The summed E-state index contributed by atoms with van der Waals surface area (Å²) in [5, 5.41) is 9.71. The molecule has 1 fully saturated rings. The SMILES string of the molecule is Cc1cc(C)c(C)c(S(=O)(=O)NCC2CCCC(O)C2)c1C. The van der Waals surface area contributed by atoms with Crippen LogP contribution in [0.1, 0.15) is 47.9 Å². The first kappa shape index (κ1) is 17.4. The van der Waals surface area contributed by atoms with Crippen molar-refractivity contribution in [3.8, 4) is 0 Å². The maximum absolute atomic E-state index is 12.7. The lowest BCUT2D eigenvalue weighted by Crippen LogP contribution is -2.33. The van der Waals surface area contributed by atoms with Crippen molar-refractivity contribution in [3.05, 3.63) is 28.3 Å². The summed E-state index contributed by atoms with van der Waals surface area (Å²) in [6.07, 6.45) is 3.18. The van der Waals surface area contributed by atoms with Crippen LogP contribution in [0.5, 0.6) is 0 Å². The van der Waals surface area contributed by atoms with Crippen molar-refractivity contribution in [3.63, 3.8) is 0 Å². The molecule has 4 nitrogen and oxygen atoms in total. The second kappa shape index (κ2) is 6.69. The van der Waals surface area contributed by atoms with Gasteiger partial charge in [0.05, 0.1) is 11.0 Å². The van der Waals surface area contributed by atoms with Gasteiger partial charge in [0.25, 0.3) is 0 Å². The molecule has 2 rings (SSSR count). The molecule has 1 aliphatic rings. The molecular formula is C17H27NO3S. The van der Waals surface area contributed by atoms with Crippen LogP contribution in [0.25, 0.3) is 0 Å². The number of hydrogen-bond donors (Lipinski definition) is 2. The van der Waals surface area contributed by atoms with E-state index in [1.807, 2.05) is 33.8 Å². The van der Waals surface area contributed by atoms with E-state index in [0.717, 1.165) is 41.5 Å². The molecule has 5 heteroatoms. The Hall–Kier alpha value is -0.910. The predicted octanol–water partition coefficient (Wildman–Crippen LogP) is 2.75. The van der Waals surface area contributed by atoms with Crippen LogP contribution in [-0.2, 0) is 10.0 Å². The van der Waals surface area contributed by atoms with Gasteiger partial charge in [-0.1, -0.05) is 12.5 Å². The van der Waals surface area contributed by atoms with E-state index in [0.29, 0.717) is 17.9 Å². The summed E-state index contributed by atoms with van der Waals surface area (Å²) in [7, 11) is -3.52. The van der Waals surface area contributed by atoms with E-state index in [-0.39, 0.29) is 12.0 Å². The number of aliphatic hydroxyl groups excluding tert-OH is 1. The van der Waals surface area contributed by atoms with Crippen LogP contribution in [-0.4, -0.2) is 26.2 Å². The molecule has 0 heterocycles. The van der Waals surface area contributed by atoms with Crippen LogP contribution in [0.15, 0.2) is 11.0 Å². The highest BCUT2D eigenvalue weighted by atomic mass is 32.2. The molecule has 124 valence electrons. The smallest absolute Gasteiger partial charge is 0.241 e. The fourth-order valence-corrected chi connectivity index (χ4v) is 5.06. The van der Waals surface area contributed by atoms with Gasteiger partial charge in [0.2, 0.25) is 10.0 Å². The highest BCUT2D eigenvalue weighted by Crippen LogP contribution is 2.27. The predicted molar refractivity (Wildman–Crippen MR) is 88.5 cm³/mol. The molecule has 0 radical (unpaired) electrons. The monoisotopic (exact) mass is 325 g/mol. The van der Waals surface area contributed by atoms with Gasteiger partial charge in [-0.25, -0.2) is 13.1 Å². The quantitative estimate of drug-likeness (QED) is 0.894. The first-order valence-corrected chi connectivity index (χ1v) is 9.46. The average Bonchev–Trinajstić information content (AvgIpc) is 2.43. The Morgan fingerprint density at radius 3 is 2.27 bits per heavy atom. The van der Waals surface area contributed by atoms with E-state index in [2.05, 4.69) is 4.72 Å². The van der Waals surface area contributed by atoms with E-state index in [9.17, 15) is 13.5 Å². The molecule has 1 aromatic rings. The second-order valence-corrected chi connectivity index (χ2v) is 8.33. The normalized spacial score (nSPS) is 22.8. The summed E-state index contributed by atoms with van der Waals surface area (Å²) >= 11 is 0. The van der Waals surface area contributed by atoms with Gasteiger partial charge in [0.15, 0.2) is 0 Å². The maximum atomic E-state index is 12.7. The Labute approximate surface area is 134 Å². The molecule has 1 aromatic carbocycles. The summed E-state index contributed by atoms with van der Waals surface area (Å²) in [6, 6.07) is 2.03. The van der Waals surface area contributed by atoms with Gasteiger partial charge in [-0.3, -0.25) is 0 Å².